The molecule has 4 rings (SSSR count). The number of anilines is 2. The van der Waals surface area contributed by atoms with E-state index in [1.54, 1.807) is 0 Å². The van der Waals surface area contributed by atoms with Gasteiger partial charge in [-0.15, -0.1) is 0 Å². The Labute approximate surface area is 198 Å². The van der Waals surface area contributed by atoms with Crippen molar-refractivity contribution in [2.24, 2.45) is 5.73 Å². The standard InChI is InChI=1S/C24H30N6O4/c25-8-10-31-12-13-32-11-9-26-23-28-22(15-18-4-2-1-3-5-18)29-24(30-23)27-16-19-6-7-20-21(14-19)34-17-33-20/h1-7,14H,8-13,15-17,25H2,(H2,26,27,28,29,30). The zero-order valence-corrected chi connectivity index (χ0v) is 19.0. The molecule has 0 spiro atoms. The third kappa shape index (κ3) is 7.27. The van der Waals surface area contributed by atoms with Gasteiger partial charge in [0.2, 0.25) is 18.7 Å². The topological polar surface area (TPSA) is 126 Å². The second-order valence-electron chi connectivity index (χ2n) is 7.54. The maximum absolute atomic E-state index is 5.56. The highest BCUT2D eigenvalue weighted by atomic mass is 16.7. The van der Waals surface area contributed by atoms with Gasteiger partial charge in [0, 0.05) is 26.1 Å². The van der Waals surface area contributed by atoms with Crippen molar-refractivity contribution in [2.75, 3.05) is 56.9 Å². The summed E-state index contributed by atoms with van der Waals surface area (Å²) >= 11 is 0. The highest BCUT2D eigenvalue weighted by molar-refractivity contribution is 5.45. The van der Waals surface area contributed by atoms with Gasteiger partial charge in [0.1, 0.15) is 5.82 Å². The zero-order valence-electron chi connectivity index (χ0n) is 19.0. The quantitative estimate of drug-likeness (QED) is 0.304. The number of rotatable bonds is 14. The van der Waals surface area contributed by atoms with Crippen molar-refractivity contribution >= 4 is 11.9 Å². The summed E-state index contributed by atoms with van der Waals surface area (Å²) < 4.78 is 21.7. The summed E-state index contributed by atoms with van der Waals surface area (Å²) in [5, 5.41) is 6.51. The number of hydrogen-bond acceptors (Lipinski definition) is 10. The molecule has 10 heteroatoms. The summed E-state index contributed by atoms with van der Waals surface area (Å²) in [6.07, 6.45) is 0.603. The van der Waals surface area contributed by atoms with Crippen LogP contribution < -0.4 is 25.8 Å². The van der Waals surface area contributed by atoms with Crippen LogP contribution in [0.5, 0.6) is 11.5 Å². The maximum Gasteiger partial charge on any atom is 0.231 e. The minimum atomic E-state index is 0.252. The first-order chi connectivity index (χ1) is 16.8. The fourth-order valence-electron chi connectivity index (χ4n) is 3.31. The van der Waals surface area contributed by atoms with Crippen molar-refractivity contribution in [3.8, 4) is 11.5 Å². The number of hydrogen-bond donors (Lipinski definition) is 3. The molecule has 2 heterocycles. The molecule has 0 radical (unpaired) electrons. The van der Waals surface area contributed by atoms with Crippen LogP contribution in [0, 0.1) is 0 Å². The Bertz CT molecular complexity index is 1040. The Kier molecular flexibility index (Phi) is 8.83. The summed E-state index contributed by atoms with van der Waals surface area (Å²) in [6.45, 7) is 3.95. The Balaban J connectivity index is 1.36. The van der Waals surface area contributed by atoms with Crippen LogP contribution in [0.1, 0.15) is 17.0 Å². The molecular weight excluding hydrogens is 436 g/mol. The lowest BCUT2D eigenvalue weighted by atomic mass is 10.1. The first-order valence-corrected chi connectivity index (χ1v) is 11.3. The molecule has 34 heavy (non-hydrogen) atoms. The predicted molar refractivity (Wildman–Crippen MR) is 128 cm³/mol. The molecule has 180 valence electrons. The van der Waals surface area contributed by atoms with Crippen LogP contribution in [-0.4, -0.2) is 61.3 Å². The van der Waals surface area contributed by atoms with Crippen LogP contribution >= 0.6 is 0 Å². The van der Waals surface area contributed by atoms with E-state index in [2.05, 4.69) is 37.7 Å². The maximum atomic E-state index is 5.56. The molecule has 1 aliphatic heterocycles. The normalized spacial score (nSPS) is 12.0. The molecule has 0 saturated heterocycles. The molecule has 0 fully saturated rings. The Morgan fingerprint density at radius 3 is 2.38 bits per heavy atom. The Morgan fingerprint density at radius 2 is 1.56 bits per heavy atom. The second-order valence-corrected chi connectivity index (χ2v) is 7.54. The van der Waals surface area contributed by atoms with Crippen molar-refractivity contribution in [1.82, 2.24) is 15.0 Å². The van der Waals surface area contributed by atoms with E-state index in [0.717, 1.165) is 22.6 Å². The lowest BCUT2D eigenvalue weighted by molar-refractivity contribution is 0.0547. The molecular formula is C24H30N6O4. The lowest BCUT2D eigenvalue weighted by Gasteiger charge is -2.11. The average molecular weight is 467 g/mol. The Hall–Kier alpha value is -3.47. The van der Waals surface area contributed by atoms with Gasteiger partial charge in [0.15, 0.2) is 11.5 Å². The third-order valence-corrected chi connectivity index (χ3v) is 4.94. The number of nitrogens with one attached hydrogen (secondary N) is 2. The zero-order chi connectivity index (χ0) is 23.4. The van der Waals surface area contributed by atoms with Crippen LogP contribution in [-0.2, 0) is 22.4 Å². The number of ether oxygens (including phenoxy) is 4. The van der Waals surface area contributed by atoms with Gasteiger partial charge in [-0.2, -0.15) is 15.0 Å². The van der Waals surface area contributed by atoms with Crippen LogP contribution in [0.2, 0.25) is 0 Å². The van der Waals surface area contributed by atoms with Gasteiger partial charge in [-0.1, -0.05) is 36.4 Å². The van der Waals surface area contributed by atoms with Gasteiger partial charge in [-0.05, 0) is 23.3 Å². The van der Waals surface area contributed by atoms with Crippen LogP contribution in [0.4, 0.5) is 11.9 Å². The fourth-order valence-corrected chi connectivity index (χ4v) is 3.31. The first-order valence-electron chi connectivity index (χ1n) is 11.3. The smallest absolute Gasteiger partial charge is 0.231 e. The van der Waals surface area contributed by atoms with Gasteiger partial charge in [0.25, 0.3) is 0 Å². The van der Waals surface area contributed by atoms with Gasteiger partial charge in [-0.3, -0.25) is 0 Å². The van der Waals surface area contributed by atoms with E-state index in [0.29, 0.717) is 70.2 Å². The van der Waals surface area contributed by atoms with E-state index in [-0.39, 0.29) is 6.79 Å². The fraction of sp³-hybridized carbons (Fsp3) is 0.375. The third-order valence-electron chi connectivity index (χ3n) is 4.94. The molecule has 2 aromatic carbocycles. The minimum absolute atomic E-state index is 0.252. The van der Waals surface area contributed by atoms with Crippen molar-refractivity contribution in [1.29, 1.82) is 0 Å². The molecule has 0 unspecified atom stereocenters. The summed E-state index contributed by atoms with van der Waals surface area (Å²) in [7, 11) is 0. The van der Waals surface area contributed by atoms with Gasteiger partial charge in [-0.25, -0.2) is 0 Å². The molecule has 0 amide bonds. The van der Waals surface area contributed by atoms with Crippen LogP contribution in [0.25, 0.3) is 0 Å². The lowest BCUT2D eigenvalue weighted by Crippen LogP contribution is -2.17. The predicted octanol–water partition coefficient (Wildman–Crippen LogP) is 2.21. The molecule has 0 bridgehead atoms. The molecule has 10 nitrogen and oxygen atoms in total. The molecule has 0 atom stereocenters. The van der Waals surface area contributed by atoms with E-state index in [4.69, 9.17) is 24.7 Å². The number of fused-ring (bicyclic) bond motifs is 1. The molecule has 1 aliphatic rings. The summed E-state index contributed by atoms with van der Waals surface area (Å²) in [5.74, 6) is 3.17. The Morgan fingerprint density at radius 1 is 0.794 bits per heavy atom. The van der Waals surface area contributed by atoms with E-state index >= 15 is 0 Å². The average Bonchev–Trinajstić information content (AvgIpc) is 3.33. The minimum Gasteiger partial charge on any atom is -0.454 e. The van der Waals surface area contributed by atoms with E-state index in [1.165, 1.54) is 0 Å². The summed E-state index contributed by atoms with van der Waals surface area (Å²) in [6, 6.07) is 15.9. The van der Waals surface area contributed by atoms with Crippen molar-refractivity contribution in [2.45, 2.75) is 13.0 Å². The number of nitrogens with zero attached hydrogens (tertiary/aromatic N) is 3. The van der Waals surface area contributed by atoms with E-state index < -0.39 is 0 Å². The van der Waals surface area contributed by atoms with Crippen molar-refractivity contribution in [3.05, 3.63) is 65.5 Å². The highest BCUT2D eigenvalue weighted by Gasteiger charge is 2.13. The molecule has 1 aromatic heterocycles. The van der Waals surface area contributed by atoms with Crippen LogP contribution in [0.3, 0.4) is 0 Å². The number of aromatic nitrogens is 3. The summed E-state index contributed by atoms with van der Waals surface area (Å²) in [5.41, 5.74) is 7.56. The largest absolute Gasteiger partial charge is 0.454 e. The van der Waals surface area contributed by atoms with Gasteiger partial charge >= 0.3 is 0 Å². The summed E-state index contributed by atoms with van der Waals surface area (Å²) in [4.78, 5) is 13.7. The van der Waals surface area contributed by atoms with E-state index in [9.17, 15) is 0 Å². The van der Waals surface area contributed by atoms with Crippen molar-refractivity contribution < 1.29 is 18.9 Å². The molecule has 3 aromatic rings. The molecule has 4 N–H and O–H groups in total. The first kappa shape index (κ1) is 23.7. The van der Waals surface area contributed by atoms with Gasteiger partial charge < -0.3 is 35.3 Å². The van der Waals surface area contributed by atoms with Crippen LogP contribution in [0.15, 0.2) is 48.5 Å². The molecule has 0 aliphatic carbocycles. The number of nitrogens with two attached hydrogens (primary N) is 1. The number of benzene rings is 2. The van der Waals surface area contributed by atoms with Gasteiger partial charge in [0.05, 0.1) is 26.4 Å². The monoisotopic (exact) mass is 466 g/mol. The van der Waals surface area contributed by atoms with Crippen molar-refractivity contribution in [3.63, 3.8) is 0 Å². The highest BCUT2D eigenvalue weighted by Crippen LogP contribution is 2.32. The second kappa shape index (κ2) is 12.7. The SMILES string of the molecule is NCCOCCOCCNc1nc(Cc2ccccc2)nc(NCc2ccc3c(c2)OCO3)n1. The molecule has 0 saturated carbocycles. The van der Waals surface area contributed by atoms with E-state index in [1.807, 2.05) is 36.4 Å².